The standard InChI is InChI=1S/C16H19NO6S/c1-16(2,3)23-15(19)17-24(5,20)13-9-10-6-7-11(14(18)21-4)8-12(10)22-13/h6-9H,1-5H3. The molecule has 1 amide bonds. The molecule has 2 aromatic rings. The fourth-order valence-electron chi connectivity index (χ4n) is 1.91. The third-order valence-electron chi connectivity index (χ3n) is 2.93. The molecule has 7 nitrogen and oxygen atoms in total. The zero-order valence-electron chi connectivity index (χ0n) is 14.1. The van der Waals surface area contributed by atoms with Crippen LogP contribution in [0, 0.1) is 0 Å². The molecule has 1 heterocycles. The van der Waals surface area contributed by atoms with E-state index in [-0.39, 0.29) is 5.09 Å². The molecule has 0 saturated heterocycles. The number of methoxy groups -OCH3 is 1. The van der Waals surface area contributed by atoms with Gasteiger partial charge in [0.2, 0.25) is 0 Å². The van der Waals surface area contributed by atoms with Crippen LogP contribution in [0.5, 0.6) is 0 Å². The fraction of sp³-hybridized carbons (Fsp3) is 0.375. The Hall–Kier alpha value is -2.35. The number of ether oxygens (including phenoxy) is 2. The normalized spacial score (nSPS) is 14.0. The predicted molar refractivity (Wildman–Crippen MR) is 88.5 cm³/mol. The smallest absolute Gasteiger partial charge is 0.442 e. The van der Waals surface area contributed by atoms with Crippen molar-refractivity contribution in [3.05, 3.63) is 29.8 Å². The van der Waals surface area contributed by atoms with E-state index < -0.39 is 27.4 Å². The Bertz CT molecular complexity index is 912. The Kier molecular flexibility index (Phi) is 4.70. The second kappa shape index (κ2) is 6.27. The van der Waals surface area contributed by atoms with Crippen LogP contribution in [0.1, 0.15) is 31.1 Å². The van der Waals surface area contributed by atoms with E-state index in [1.807, 2.05) is 0 Å². The van der Waals surface area contributed by atoms with E-state index in [9.17, 15) is 13.8 Å². The quantitative estimate of drug-likeness (QED) is 0.765. The van der Waals surface area contributed by atoms with Crippen LogP contribution in [0.2, 0.25) is 0 Å². The number of esters is 1. The first-order valence-electron chi connectivity index (χ1n) is 7.09. The molecule has 0 fully saturated rings. The zero-order valence-corrected chi connectivity index (χ0v) is 14.9. The largest absolute Gasteiger partial charge is 0.465 e. The fourth-order valence-corrected chi connectivity index (χ4v) is 2.91. The molecule has 0 spiro atoms. The summed E-state index contributed by atoms with van der Waals surface area (Å²) >= 11 is 0. The lowest BCUT2D eigenvalue weighted by molar-refractivity contribution is 0.0593. The van der Waals surface area contributed by atoms with Crippen molar-refractivity contribution in [1.82, 2.24) is 0 Å². The molecule has 1 aromatic heterocycles. The van der Waals surface area contributed by atoms with Gasteiger partial charge in [-0.25, -0.2) is 13.8 Å². The first-order chi connectivity index (χ1) is 11.0. The van der Waals surface area contributed by atoms with Gasteiger partial charge >= 0.3 is 12.1 Å². The number of nitrogens with zero attached hydrogens (tertiary/aromatic N) is 1. The van der Waals surface area contributed by atoms with Crippen LogP contribution in [-0.4, -0.2) is 35.2 Å². The minimum Gasteiger partial charge on any atom is -0.465 e. The van der Waals surface area contributed by atoms with Crippen molar-refractivity contribution in [2.75, 3.05) is 13.4 Å². The van der Waals surface area contributed by atoms with E-state index in [1.54, 1.807) is 32.9 Å². The molecule has 0 saturated carbocycles. The van der Waals surface area contributed by atoms with Crippen LogP contribution in [0.4, 0.5) is 4.79 Å². The lowest BCUT2D eigenvalue weighted by atomic mass is 10.2. The molecule has 0 aliphatic rings. The van der Waals surface area contributed by atoms with Crippen molar-refractivity contribution in [2.45, 2.75) is 31.5 Å². The average molecular weight is 353 g/mol. The van der Waals surface area contributed by atoms with Gasteiger partial charge in [0.05, 0.1) is 12.7 Å². The van der Waals surface area contributed by atoms with Crippen molar-refractivity contribution in [3.8, 4) is 0 Å². The van der Waals surface area contributed by atoms with Gasteiger partial charge in [0, 0.05) is 17.7 Å². The Morgan fingerprint density at radius 2 is 1.88 bits per heavy atom. The van der Waals surface area contributed by atoms with Gasteiger partial charge in [0.1, 0.15) is 20.9 Å². The van der Waals surface area contributed by atoms with Gasteiger partial charge in [0.25, 0.3) is 0 Å². The number of carbonyl (C=O) groups is 2. The molecule has 1 aromatic carbocycles. The number of hydrogen-bond donors (Lipinski definition) is 0. The number of carbonyl (C=O) groups excluding carboxylic acids is 2. The van der Waals surface area contributed by atoms with Gasteiger partial charge in [0.15, 0.2) is 5.09 Å². The Morgan fingerprint density at radius 3 is 2.46 bits per heavy atom. The summed E-state index contributed by atoms with van der Waals surface area (Å²) < 4.78 is 31.5. The highest BCUT2D eigenvalue weighted by Crippen LogP contribution is 2.25. The highest BCUT2D eigenvalue weighted by molar-refractivity contribution is 7.93. The van der Waals surface area contributed by atoms with Crippen LogP contribution >= 0.6 is 0 Å². The Balaban J connectivity index is 2.42. The van der Waals surface area contributed by atoms with Crippen LogP contribution in [0.25, 0.3) is 11.0 Å². The van der Waals surface area contributed by atoms with Crippen LogP contribution in [0.15, 0.2) is 38.1 Å². The summed E-state index contributed by atoms with van der Waals surface area (Å²) in [5.74, 6) is -0.509. The van der Waals surface area contributed by atoms with E-state index in [2.05, 4.69) is 9.10 Å². The number of amides is 1. The highest BCUT2D eigenvalue weighted by atomic mass is 32.2. The molecular formula is C16H19NO6S. The van der Waals surface area contributed by atoms with E-state index in [0.29, 0.717) is 16.5 Å². The Labute approximate surface area is 140 Å². The summed E-state index contributed by atoms with van der Waals surface area (Å²) in [5.41, 5.74) is -0.0844. The third kappa shape index (κ3) is 4.14. The van der Waals surface area contributed by atoms with E-state index in [1.165, 1.54) is 25.5 Å². The molecule has 0 aliphatic carbocycles. The molecule has 0 bridgehead atoms. The second-order valence-corrected chi connectivity index (χ2v) is 8.37. The van der Waals surface area contributed by atoms with Gasteiger partial charge in [-0.1, -0.05) is 6.07 Å². The van der Waals surface area contributed by atoms with Gasteiger partial charge in [-0.2, -0.15) is 0 Å². The summed E-state index contributed by atoms with van der Waals surface area (Å²) in [6.45, 7) is 5.06. The monoisotopic (exact) mass is 353 g/mol. The predicted octanol–water partition coefficient (Wildman–Crippen LogP) is 3.61. The van der Waals surface area contributed by atoms with Gasteiger partial charge in [-0.3, -0.25) is 0 Å². The molecule has 1 unspecified atom stereocenters. The summed E-state index contributed by atoms with van der Waals surface area (Å²) in [7, 11) is -1.84. The van der Waals surface area contributed by atoms with Crippen LogP contribution < -0.4 is 0 Å². The molecule has 2 rings (SSSR count). The molecule has 0 radical (unpaired) electrons. The van der Waals surface area contributed by atoms with Crippen molar-refractivity contribution in [1.29, 1.82) is 0 Å². The highest BCUT2D eigenvalue weighted by Gasteiger charge is 2.20. The number of benzene rings is 1. The SMILES string of the molecule is COC(=O)c1ccc2cc(S(C)(=O)=NC(=O)OC(C)(C)C)oc2c1. The van der Waals surface area contributed by atoms with Gasteiger partial charge in [-0.05, 0) is 32.9 Å². The van der Waals surface area contributed by atoms with Crippen LogP contribution in [-0.2, 0) is 19.2 Å². The van der Waals surface area contributed by atoms with Gasteiger partial charge < -0.3 is 13.9 Å². The van der Waals surface area contributed by atoms with Gasteiger partial charge in [-0.15, -0.1) is 4.36 Å². The maximum atomic E-state index is 12.7. The zero-order chi connectivity index (χ0) is 18.1. The number of rotatable bonds is 2. The lowest BCUT2D eigenvalue weighted by Crippen LogP contribution is -2.22. The number of fused-ring (bicyclic) bond motifs is 1. The average Bonchev–Trinajstić information content (AvgIpc) is 2.87. The Morgan fingerprint density at radius 1 is 1.21 bits per heavy atom. The number of hydrogen-bond acceptors (Lipinski definition) is 6. The summed E-state index contributed by atoms with van der Waals surface area (Å²) in [6, 6.07) is 6.20. The molecule has 8 heteroatoms. The van der Waals surface area contributed by atoms with E-state index in [4.69, 9.17) is 9.15 Å². The van der Waals surface area contributed by atoms with Crippen molar-refractivity contribution >= 4 is 32.8 Å². The summed E-state index contributed by atoms with van der Waals surface area (Å²) in [5, 5.41) is 0.664. The van der Waals surface area contributed by atoms with E-state index in [0.717, 1.165) is 0 Å². The minimum atomic E-state index is -3.11. The topological polar surface area (TPSA) is 95.2 Å². The third-order valence-corrected chi connectivity index (χ3v) is 4.38. The van der Waals surface area contributed by atoms with Crippen molar-refractivity contribution in [3.63, 3.8) is 0 Å². The van der Waals surface area contributed by atoms with Crippen LogP contribution in [0.3, 0.4) is 0 Å². The molecule has 0 aliphatic heterocycles. The number of furan rings is 1. The lowest BCUT2D eigenvalue weighted by Gasteiger charge is -2.17. The summed E-state index contributed by atoms with van der Waals surface area (Å²) in [4.78, 5) is 23.3. The molecule has 1 atom stereocenters. The second-order valence-electron chi connectivity index (χ2n) is 6.18. The van der Waals surface area contributed by atoms with Crippen molar-refractivity contribution < 1.29 is 27.7 Å². The molecule has 24 heavy (non-hydrogen) atoms. The molecule has 130 valence electrons. The maximum Gasteiger partial charge on any atom is 0.442 e. The van der Waals surface area contributed by atoms with E-state index >= 15 is 0 Å². The summed E-state index contributed by atoms with van der Waals surface area (Å²) in [6.07, 6.45) is 0.362. The first kappa shape index (κ1) is 18.0. The van der Waals surface area contributed by atoms with Crippen molar-refractivity contribution in [2.24, 2.45) is 4.36 Å². The molecular weight excluding hydrogens is 334 g/mol. The first-order valence-corrected chi connectivity index (χ1v) is 9.01. The minimum absolute atomic E-state index is 0.0328. The maximum absolute atomic E-state index is 12.7. The molecule has 0 N–H and O–H groups in total.